The number of fused-ring (bicyclic) bond motifs is 1. The minimum absolute atomic E-state index is 0.0489. The van der Waals surface area contributed by atoms with Crippen molar-refractivity contribution in [1.82, 2.24) is 4.72 Å². The molecule has 2 N–H and O–H groups in total. The molecule has 1 unspecified atom stereocenters. The van der Waals surface area contributed by atoms with Gasteiger partial charge in [-0.3, -0.25) is 9.59 Å². The Morgan fingerprint density at radius 3 is 2.45 bits per heavy atom. The summed E-state index contributed by atoms with van der Waals surface area (Å²) in [5.41, 5.74) is 2.22. The van der Waals surface area contributed by atoms with Crippen LogP contribution < -0.4 is 19.5 Å². The summed E-state index contributed by atoms with van der Waals surface area (Å²) in [5, 5.41) is 2.62. The number of anilines is 1. The van der Waals surface area contributed by atoms with E-state index in [1.165, 1.54) is 19.1 Å². The van der Waals surface area contributed by atoms with Crippen LogP contribution in [0.25, 0.3) is 0 Å². The van der Waals surface area contributed by atoms with Crippen molar-refractivity contribution in [1.29, 1.82) is 0 Å². The van der Waals surface area contributed by atoms with Crippen molar-refractivity contribution in [3.63, 3.8) is 0 Å². The molecule has 1 atom stereocenters. The van der Waals surface area contributed by atoms with E-state index < -0.39 is 34.5 Å². The smallest absolute Gasteiger partial charge is 0.321 e. The molecule has 166 valence electrons. The second-order valence-corrected chi connectivity index (χ2v) is 8.82. The third-order valence-electron chi connectivity index (χ3n) is 4.68. The third kappa shape index (κ3) is 5.74. The van der Waals surface area contributed by atoms with Gasteiger partial charge in [-0.25, -0.2) is 8.42 Å². The van der Waals surface area contributed by atoms with Crippen molar-refractivity contribution in [3.05, 3.63) is 47.5 Å². The summed E-state index contributed by atoms with van der Waals surface area (Å²) in [6.45, 7) is 5.33. The predicted molar refractivity (Wildman–Crippen MR) is 113 cm³/mol. The highest BCUT2D eigenvalue weighted by atomic mass is 32.2. The van der Waals surface area contributed by atoms with E-state index in [0.717, 1.165) is 11.1 Å². The molecule has 1 heterocycles. The molecule has 0 spiro atoms. The lowest BCUT2D eigenvalue weighted by Crippen LogP contribution is -2.35. The Balaban J connectivity index is 1.52. The molecule has 3 rings (SSSR count). The molecular weight excluding hydrogens is 424 g/mol. The number of hydrogen-bond donors (Lipinski definition) is 2. The number of carbonyl (C=O) groups excluding carboxylic acids is 2. The molecule has 0 aromatic heterocycles. The molecule has 1 aliphatic heterocycles. The van der Waals surface area contributed by atoms with Crippen molar-refractivity contribution in [3.8, 4) is 11.5 Å². The second-order valence-electron chi connectivity index (χ2n) is 7.05. The Morgan fingerprint density at radius 2 is 1.74 bits per heavy atom. The molecule has 0 fully saturated rings. The van der Waals surface area contributed by atoms with Gasteiger partial charge in [0, 0.05) is 11.8 Å². The Morgan fingerprint density at radius 1 is 1.03 bits per heavy atom. The van der Waals surface area contributed by atoms with Gasteiger partial charge < -0.3 is 19.5 Å². The molecule has 2 aromatic carbocycles. The van der Waals surface area contributed by atoms with E-state index in [9.17, 15) is 18.0 Å². The van der Waals surface area contributed by atoms with E-state index in [1.54, 1.807) is 31.2 Å². The van der Waals surface area contributed by atoms with Gasteiger partial charge in [-0.2, -0.15) is 4.72 Å². The third-order valence-corrected chi connectivity index (χ3v) is 6.08. The molecule has 0 saturated heterocycles. The largest absolute Gasteiger partial charge is 0.486 e. The van der Waals surface area contributed by atoms with E-state index in [4.69, 9.17) is 14.2 Å². The Labute approximate surface area is 180 Å². The van der Waals surface area contributed by atoms with Gasteiger partial charge in [0.05, 0.1) is 4.90 Å². The average molecular weight is 448 g/mol. The molecule has 0 radical (unpaired) electrons. The number of amides is 1. The molecule has 0 aliphatic carbocycles. The number of rotatable bonds is 7. The lowest BCUT2D eigenvalue weighted by molar-refractivity contribution is -0.151. The minimum Gasteiger partial charge on any atom is -0.486 e. The van der Waals surface area contributed by atoms with Crippen molar-refractivity contribution < 1.29 is 32.2 Å². The maximum absolute atomic E-state index is 12.4. The number of sulfonamides is 1. The fourth-order valence-electron chi connectivity index (χ4n) is 2.78. The molecule has 1 aliphatic rings. The van der Waals surface area contributed by atoms with Gasteiger partial charge in [0.1, 0.15) is 19.8 Å². The monoisotopic (exact) mass is 448 g/mol. The lowest BCUT2D eigenvalue weighted by Gasteiger charge is -2.19. The first-order valence-electron chi connectivity index (χ1n) is 9.62. The van der Waals surface area contributed by atoms with Gasteiger partial charge in [0.15, 0.2) is 17.6 Å². The highest BCUT2D eigenvalue weighted by molar-refractivity contribution is 7.89. The molecule has 2 aromatic rings. The summed E-state index contributed by atoms with van der Waals surface area (Å²) >= 11 is 0. The van der Waals surface area contributed by atoms with E-state index in [2.05, 4.69) is 10.0 Å². The number of carbonyl (C=O) groups is 2. The predicted octanol–water partition coefficient (Wildman–Crippen LogP) is 1.92. The fraction of sp³-hybridized carbons (Fsp3) is 0.333. The molecule has 10 heteroatoms. The zero-order valence-electron chi connectivity index (χ0n) is 17.4. The SMILES string of the molecule is Cc1ccc(S(=O)(=O)NCC(=O)OC(C)C(=O)Nc2ccc3c(c2)OCCO3)cc1C. The number of ether oxygens (including phenoxy) is 3. The van der Waals surface area contributed by atoms with Crippen LogP contribution in [0.5, 0.6) is 11.5 Å². The Hall–Kier alpha value is -3.11. The van der Waals surface area contributed by atoms with Crippen LogP contribution in [0.15, 0.2) is 41.3 Å². The van der Waals surface area contributed by atoms with Crippen LogP contribution in [0.4, 0.5) is 5.69 Å². The van der Waals surface area contributed by atoms with Crippen LogP contribution in [0.1, 0.15) is 18.1 Å². The lowest BCUT2D eigenvalue weighted by atomic mass is 10.1. The molecule has 31 heavy (non-hydrogen) atoms. The Kier molecular flexibility index (Phi) is 6.81. The van der Waals surface area contributed by atoms with Crippen LogP contribution in [0.2, 0.25) is 0 Å². The van der Waals surface area contributed by atoms with Gasteiger partial charge >= 0.3 is 5.97 Å². The summed E-state index contributed by atoms with van der Waals surface area (Å²) < 4.78 is 42.8. The zero-order chi connectivity index (χ0) is 22.6. The normalized spacial score (nSPS) is 13.9. The Bertz CT molecular complexity index is 1100. The minimum atomic E-state index is -3.89. The number of hydrogen-bond acceptors (Lipinski definition) is 7. The second kappa shape index (κ2) is 9.36. The molecule has 0 saturated carbocycles. The van der Waals surface area contributed by atoms with Gasteiger partial charge in [-0.05, 0) is 56.2 Å². The van der Waals surface area contributed by atoms with Crippen LogP contribution in [-0.2, 0) is 24.3 Å². The first-order chi connectivity index (χ1) is 14.7. The molecule has 1 amide bonds. The van der Waals surface area contributed by atoms with Crippen LogP contribution in [0.3, 0.4) is 0 Å². The van der Waals surface area contributed by atoms with Gasteiger partial charge in [-0.15, -0.1) is 0 Å². The van der Waals surface area contributed by atoms with Crippen molar-refractivity contribution in [2.45, 2.75) is 31.8 Å². The summed E-state index contributed by atoms with van der Waals surface area (Å²) in [7, 11) is -3.89. The molecule has 0 bridgehead atoms. The van der Waals surface area contributed by atoms with Gasteiger partial charge in [0.25, 0.3) is 5.91 Å². The molecule has 9 nitrogen and oxygen atoms in total. The quantitative estimate of drug-likeness (QED) is 0.621. The number of nitrogens with one attached hydrogen (secondary N) is 2. The van der Waals surface area contributed by atoms with Crippen molar-refractivity contribution >= 4 is 27.6 Å². The highest BCUT2D eigenvalue weighted by Crippen LogP contribution is 2.32. The first kappa shape index (κ1) is 22.6. The summed E-state index contributed by atoms with van der Waals surface area (Å²) in [6, 6.07) is 9.58. The fourth-order valence-corrected chi connectivity index (χ4v) is 3.83. The van der Waals surface area contributed by atoms with Crippen molar-refractivity contribution in [2.75, 3.05) is 25.1 Å². The van der Waals surface area contributed by atoms with Crippen LogP contribution in [0, 0.1) is 13.8 Å². The topological polar surface area (TPSA) is 120 Å². The standard InChI is InChI=1S/C21H24N2O7S/c1-13-4-6-17(10-14(13)2)31(26,27)22-12-20(24)30-15(3)21(25)23-16-5-7-18-19(11-16)29-9-8-28-18/h4-7,10-11,15,22H,8-9,12H2,1-3H3,(H,23,25). The highest BCUT2D eigenvalue weighted by Gasteiger charge is 2.21. The number of esters is 1. The maximum atomic E-state index is 12.4. The first-order valence-corrected chi connectivity index (χ1v) is 11.1. The van der Waals surface area contributed by atoms with E-state index in [-0.39, 0.29) is 4.90 Å². The summed E-state index contributed by atoms with van der Waals surface area (Å²) in [5.74, 6) is -0.353. The maximum Gasteiger partial charge on any atom is 0.321 e. The number of aryl methyl sites for hydroxylation is 2. The van der Waals surface area contributed by atoms with Crippen LogP contribution >= 0.6 is 0 Å². The van der Waals surface area contributed by atoms with E-state index in [0.29, 0.717) is 30.4 Å². The average Bonchev–Trinajstić information content (AvgIpc) is 2.74. The van der Waals surface area contributed by atoms with Gasteiger partial charge in [0.2, 0.25) is 10.0 Å². The van der Waals surface area contributed by atoms with Crippen molar-refractivity contribution in [2.24, 2.45) is 0 Å². The zero-order valence-corrected chi connectivity index (χ0v) is 18.2. The van der Waals surface area contributed by atoms with E-state index >= 15 is 0 Å². The summed E-state index contributed by atoms with van der Waals surface area (Å²) in [4.78, 5) is 24.4. The van der Waals surface area contributed by atoms with Gasteiger partial charge in [-0.1, -0.05) is 6.07 Å². The summed E-state index contributed by atoms with van der Waals surface area (Å²) in [6.07, 6.45) is -1.13. The number of benzene rings is 2. The van der Waals surface area contributed by atoms with Crippen LogP contribution in [-0.4, -0.2) is 46.2 Å². The van der Waals surface area contributed by atoms with E-state index in [1.807, 2.05) is 6.92 Å². The molecular formula is C21H24N2O7S.